The highest BCUT2D eigenvalue weighted by Gasteiger charge is 2.44. The number of ether oxygens (including phenoxy) is 3. The molecule has 36 nitrogen and oxygen atoms in total. The SMILES string of the molecule is CC[C@H](C)C1NC(=O)[C@@H](CCCN=C(N)N)NC(=O)[C@H](CC(C)C)NC(=O)[C@H]([C@H](O)C(C)C)NC(=O)[C@@H](NC(=O)[C@H](CC(C)C)NC(=O)[C@@H](CC(=O)OCc2ccccc2)NC(=O)OC(C)(C)C)[C@@H](c2ccccc2)OC(=O)[C@H](CO)NC(=O)[C@H]([C@H](O)C(N)=O)NC(=O)CNC(=O)C([C@H](C)O)NC1=O. The first-order valence-electron chi connectivity index (χ1n) is 34.1. The summed E-state index contributed by atoms with van der Waals surface area (Å²) in [6.45, 7) is 15.5. The van der Waals surface area contributed by atoms with Crippen molar-refractivity contribution in [2.75, 3.05) is 19.7 Å². The Bertz CT molecular complexity index is 3300. The van der Waals surface area contributed by atoms with Gasteiger partial charge in [-0.15, -0.1) is 0 Å². The molecule has 578 valence electrons. The molecule has 21 N–H and O–H groups in total. The van der Waals surface area contributed by atoms with Crippen LogP contribution in [0.1, 0.15) is 139 Å². The number of primary amides is 1. The van der Waals surface area contributed by atoms with E-state index in [0.29, 0.717) is 5.56 Å². The van der Waals surface area contributed by atoms with Gasteiger partial charge in [0.25, 0.3) is 0 Å². The molecule has 0 bridgehead atoms. The number of aliphatic imine (C=N–C) groups is 1. The van der Waals surface area contributed by atoms with E-state index in [0.717, 1.165) is 6.92 Å². The second-order valence-corrected chi connectivity index (χ2v) is 27.4. The Morgan fingerprint density at radius 2 is 1.20 bits per heavy atom. The van der Waals surface area contributed by atoms with Crippen LogP contribution in [0.25, 0.3) is 0 Å². The van der Waals surface area contributed by atoms with Crippen molar-refractivity contribution in [3.8, 4) is 0 Å². The average Bonchev–Trinajstić information content (AvgIpc) is 0.812. The van der Waals surface area contributed by atoms with Crippen LogP contribution in [0.3, 0.4) is 0 Å². The van der Waals surface area contributed by atoms with Gasteiger partial charge in [0, 0.05) is 6.54 Å². The van der Waals surface area contributed by atoms with E-state index in [2.05, 4.69) is 52.8 Å². The molecule has 0 saturated carbocycles. The summed E-state index contributed by atoms with van der Waals surface area (Å²) < 4.78 is 16.8. The number of nitrogens with zero attached hydrogens (tertiary/aromatic N) is 1. The second kappa shape index (κ2) is 42.5. The molecule has 0 aromatic heterocycles. The predicted molar refractivity (Wildman–Crippen MR) is 373 cm³/mol. The van der Waals surface area contributed by atoms with Crippen LogP contribution in [0.2, 0.25) is 0 Å². The van der Waals surface area contributed by atoms with E-state index in [1.54, 1.807) is 71.9 Å². The quantitative estimate of drug-likeness (QED) is 0.0141. The Kier molecular flexibility index (Phi) is 36.0. The molecule has 3 rings (SSSR count). The van der Waals surface area contributed by atoms with Gasteiger partial charge in [-0.3, -0.25) is 62.5 Å². The Balaban J connectivity index is 2.44. The lowest BCUT2D eigenvalue weighted by molar-refractivity contribution is -0.159. The van der Waals surface area contributed by atoms with Crippen LogP contribution in [0, 0.1) is 23.7 Å². The third-order valence-corrected chi connectivity index (χ3v) is 16.0. The third kappa shape index (κ3) is 29.7. The highest BCUT2D eigenvalue weighted by atomic mass is 16.6. The molecule has 15 atom stereocenters. The molecule has 2 aromatic rings. The van der Waals surface area contributed by atoms with E-state index in [-0.39, 0.29) is 56.8 Å². The third-order valence-electron chi connectivity index (χ3n) is 16.0. The number of nitrogens with one attached hydrogen (secondary N) is 11. The lowest BCUT2D eigenvalue weighted by Gasteiger charge is -2.34. The highest BCUT2D eigenvalue weighted by molar-refractivity contribution is 6.01. The summed E-state index contributed by atoms with van der Waals surface area (Å²) >= 11 is 0. The lowest BCUT2D eigenvalue weighted by Crippen LogP contribution is -2.64. The molecule has 1 aliphatic rings. The van der Waals surface area contributed by atoms with Gasteiger partial charge in [0.1, 0.15) is 66.6 Å². The molecule has 2 aromatic carbocycles. The van der Waals surface area contributed by atoms with Crippen molar-refractivity contribution in [1.29, 1.82) is 0 Å². The number of hydrogen-bond donors (Lipinski definition) is 18. The maximum absolute atomic E-state index is 15.6. The normalized spacial score (nSPS) is 22.9. The number of carbonyl (C=O) groups excluding carboxylic acids is 14. The van der Waals surface area contributed by atoms with Crippen molar-refractivity contribution in [3.63, 3.8) is 0 Å². The number of benzene rings is 2. The van der Waals surface area contributed by atoms with E-state index in [1.165, 1.54) is 65.0 Å². The Hall–Kier alpha value is -10.1. The van der Waals surface area contributed by atoms with Crippen LogP contribution < -0.4 is 75.7 Å². The van der Waals surface area contributed by atoms with Crippen LogP contribution in [0.4, 0.5) is 4.79 Å². The fraction of sp³-hybridized carbons (Fsp3) is 0.603. The first-order valence-corrected chi connectivity index (χ1v) is 34.1. The molecule has 1 aliphatic heterocycles. The summed E-state index contributed by atoms with van der Waals surface area (Å²) in [5, 5.41) is 70.6. The maximum atomic E-state index is 15.6. The van der Waals surface area contributed by atoms with Gasteiger partial charge in [-0.2, -0.15) is 0 Å². The van der Waals surface area contributed by atoms with Gasteiger partial charge in [0.2, 0.25) is 65.0 Å². The zero-order valence-corrected chi connectivity index (χ0v) is 60.6. The van der Waals surface area contributed by atoms with Crippen molar-refractivity contribution < 1.29 is 102 Å². The number of cyclic esters (lactones) is 1. The number of nitrogens with two attached hydrogens (primary N) is 3. The largest absolute Gasteiger partial charge is 0.461 e. The van der Waals surface area contributed by atoms with Crippen LogP contribution >= 0.6 is 0 Å². The first-order chi connectivity index (χ1) is 48.7. The van der Waals surface area contributed by atoms with Crippen molar-refractivity contribution >= 4 is 89.0 Å². The summed E-state index contributed by atoms with van der Waals surface area (Å²) in [4.78, 5) is 204. The van der Waals surface area contributed by atoms with Crippen molar-refractivity contribution in [1.82, 2.24) is 58.5 Å². The van der Waals surface area contributed by atoms with Gasteiger partial charge in [-0.05, 0) is 88.2 Å². The molecule has 2 unspecified atom stereocenters. The van der Waals surface area contributed by atoms with Crippen molar-refractivity contribution in [2.45, 2.75) is 219 Å². The number of carbonyl (C=O) groups is 14. The van der Waals surface area contributed by atoms with Gasteiger partial charge >= 0.3 is 18.0 Å². The van der Waals surface area contributed by atoms with Crippen LogP contribution in [-0.4, -0.2) is 213 Å². The van der Waals surface area contributed by atoms with E-state index in [1.807, 2.05) is 10.6 Å². The number of esters is 2. The van der Waals surface area contributed by atoms with Crippen LogP contribution in [0.5, 0.6) is 0 Å². The number of aliphatic hydroxyl groups excluding tert-OH is 4. The minimum Gasteiger partial charge on any atom is -0.461 e. The summed E-state index contributed by atoms with van der Waals surface area (Å²) in [5.41, 5.74) is 15.8. The summed E-state index contributed by atoms with van der Waals surface area (Å²) in [7, 11) is 0. The minimum atomic E-state index is -2.63. The smallest absolute Gasteiger partial charge is 0.408 e. The molecule has 0 spiro atoms. The maximum Gasteiger partial charge on any atom is 0.408 e. The van der Waals surface area contributed by atoms with Crippen molar-refractivity contribution in [2.24, 2.45) is 45.9 Å². The molecule has 12 amide bonds. The molecule has 1 fully saturated rings. The number of alkyl carbamates (subject to hydrolysis) is 1. The molecular weight excluding hydrogens is 1360 g/mol. The fourth-order valence-corrected chi connectivity index (χ4v) is 10.3. The molecule has 104 heavy (non-hydrogen) atoms. The number of rotatable bonds is 26. The summed E-state index contributed by atoms with van der Waals surface area (Å²) in [6, 6.07) is -4.17. The second-order valence-electron chi connectivity index (χ2n) is 27.4. The summed E-state index contributed by atoms with van der Waals surface area (Å²) in [6.07, 6.45) is -10.9. The van der Waals surface area contributed by atoms with Gasteiger partial charge in [0.05, 0.1) is 31.8 Å². The fourth-order valence-electron chi connectivity index (χ4n) is 10.3. The number of amides is 12. The minimum absolute atomic E-state index is 0.0111. The van der Waals surface area contributed by atoms with Gasteiger partial charge in [-0.1, -0.05) is 122 Å². The summed E-state index contributed by atoms with van der Waals surface area (Å²) in [5.74, 6) is -19.6. The predicted octanol–water partition coefficient (Wildman–Crippen LogP) is -3.78. The molecule has 1 heterocycles. The average molecular weight is 1470 g/mol. The Morgan fingerprint density at radius 3 is 1.75 bits per heavy atom. The van der Waals surface area contributed by atoms with E-state index in [4.69, 9.17) is 31.4 Å². The molecule has 0 radical (unpaired) electrons. The Labute approximate surface area is 603 Å². The zero-order chi connectivity index (χ0) is 78.5. The topological polar surface area (TPSA) is 570 Å². The molecular formula is C68H105N15O21. The van der Waals surface area contributed by atoms with Crippen LogP contribution in [-0.2, 0) is 83.1 Å². The van der Waals surface area contributed by atoms with E-state index in [9.17, 15) is 73.2 Å². The first kappa shape index (κ1) is 88.1. The lowest BCUT2D eigenvalue weighted by atomic mass is 9.95. The van der Waals surface area contributed by atoms with Gasteiger partial charge < -0.3 is 110 Å². The number of hydrogen-bond acceptors (Lipinski definition) is 22. The monoisotopic (exact) mass is 1470 g/mol. The van der Waals surface area contributed by atoms with Gasteiger partial charge in [-0.25, -0.2) is 9.59 Å². The van der Waals surface area contributed by atoms with E-state index < -0.39 is 217 Å². The van der Waals surface area contributed by atoms with E-state index >= 15 is 14.4 Å². The Morgan fingerprint density at radius 1 is 0.644 bits per heavy atom. The molecule has 0 aliphatic carbocycles. The number of guanidine groups is 1. The standard InChI is InChI=1S/C68H105N15O21/c1-13-36(8)47-61(96)81-48(37(9)85)60(95)73-30-45(86)79-50(53(89)55(69)90)63(98)77-44(31-84)65(100)103-54(39-23-18-15-19-24-39)51(64(99)82-49(52(88)35(6)7)62(97)76-41(27-33(2)3)57(92)74-40(56(91)80-47)25-20-26-72-66(70)71)83-59(94)42(28-34(4)5)75-58(93)43(78-67(101)104-68(10,11)12)29-46(87)102-32-38-21-16-14-17-22-38/h14-19,21-24,33-37,40-44,47-54,84-85,88-89H,13,20,25-32H2,1-12H3,(H2,69,90)(H,73,95)(H,74,92)(H,75,93)(H,76,97)(H,77,98)(H,78,101)(H,79,86)(H,80,91)(H,81,96)(H,82,99)(H,83,94)(H4,70,71,72)/t36-,37-,40+,41-,42-,43+,44-,47?,48?,49-,50-,51-,52+,53-,54+/m0/s1. The van der Waals surface area contributed by atoms with Crippen molar-refractivity contribution in [3.05, 3.63) is 71.8 Å². The van der Waals surface area contributed by atoms with Gasteiger partial charge in [0.15, 0.2) is 24.2 Å². The molecule has 36 heteroatoms. The molecule has 1 saturated heterocycles. The number of aliphatic hydroxyl groups is 4. The van der Waals surface area contributed by atoms with Crippen LogP contribution in [0.15, 0.2) is 65.7 Å². The zero-order valence-electron chi connectivity index (χ0n) is 60.6. The highest BCUT2D eigenvalue weighted by Crippen LogP contribution is 2.25.